The van der Waals surface area contributed by atoms with Crippen molar-refractivity contribution in [3.05, 3.63) is 36.4 Å². The van der Waals surface area contributed by atoms with E-state index in [4.69, 9.17) is 4.74 Å². The number of rotatable bonds is 1. The van der Waals surface area contributed by atoms with E-state index >= 15 is 0 Å². The minimum Gasteiger partial charge on any atom is -0.448 e. The number of aryl methyl sites for hydroxylation is 1. The highest BCUT2D eigenvalue weighted by atomic mass is 19.5. The average molecular weight is 261 g/mol. The molecule has 0 aliphatic carbocycles. The molecule has 18 heavy (non-hydrogen) atoms. The number of para-hydroxylation sites is 1. The lowest BCUT2D eigenvalue weighted by Gasteiger charge is -2.00. The molecule has 0 radical (unpaired) electrons. The fraction of sp³-hybridized carbons (Fsp3) is 0.182. The van der Waals surface area contributed by atoms with E-state index in [0.29, 0.717) is 0 Å². The van der Waals surface area contributed by atoms with Crippen LogP contribution >= 0.6 is 0 Å². The van der Waals surface area contributed by atoms with Crippen molar-refractivity contribution in [2.24, 2.45) is 7.05 Å². The lowest BCUT2D eigenvalue weighted by molar-refractivity contribution is -0.650. The zero-order valence-corrected chi connectivity index (χ0v) is 9.91. The molecule has 2 nitrogen and oxygen atoms in total. The van der Waals surface area contributed by atoms with Crippen LogP contribution in [0.4, 0.5) is 17.3 Å². The maximum atomic E-state index is 9.75. The smallest absolute Gasteiger partial charge is 0.448 e. The maximum absolute atomic E-state index is 9.75. The number of hydrogen-bond acceptors (Lipinski definition) is 1. The van der Waals surface area contributed by atoms with Crippen LogP contribution in [0.15, 0.2) is 36.4 Å². The summed E-state index contributed by atoms with van der Waals surface area (Å²) in [6, 6.07) is 12.3. The third-order valence-electron chi connectivity index (χ3n) is 2.24. The standard InChI is InChI=1S/C11H12NO.BF4/c1-12-10-6-4-3-5-9(10)7-8-11(12)13-2;2-1(3,4)5/h3-8H,1-2H3;/q+1;-1. The molecule has 0 aliphatic rings. The van der Waals surface area contributed by atoms with E-state index in [2.05, 4.69) is 18.2 Å². The van der Waals surface area contributed by atoms with Gasteiger partial charge >= 0.3 is 13.1 Å². The molecule has 1 aromatic heterocycles. The Bertz CT molecular complexity index is 524. The molecule has 0 saturated carbocycles. The SMILES string of the molecule is COc1ccc2ccccc2[n+]1C.F[B-](F)(F)F. The summed E-state index contributed by atoms with van der Waals surface area (Å²) in [7, 11) is -2.31. The topological polar surface area (TPSA) is 13.1 Å². The van der Waals surface area contributed by atoms with Gasteiger partial charge in [0, 0.05) is 11.5 Å². The van der Waals surface area contributed by atoms with Gasteiger partial charge in [0.25, 0.3) is 0 Å². The molecule has 0 saturated heterocycles. The second-order valence-electron chi connectivity index (χ2n) is 3.49. The molecule has 1 aromatic carbocycles. The van der Waals surface area contributed by atoms with Gasteiger partial charge in [0.15, 0.2) is 0 Å². The largest absolute Gasteiger partial charge is 0.673 e. The number of hydrogen-bond donors (Lipinski definition) is 0. The first-order valence-corrected chi connectivity index (χ1v) is 5.12. The van der Waals surface area contributed by atoms with Crippen molar-refractivity contribution >= 4 is 18.2 Å². The molecule has 0 spiro atoms. The highest BCUT2D eigenvalue weighted by molar-refractivity contribution is 6.50. The Morgan fingerprint density at radius 1 is 1.00 bits per heavy atom. The van der Waals surface area contributed by atoms with Crippen molar-refractivity contribution in [3.8, 4) is 5.88 Å². The Labute approximate surface area is 102 Å². The van der Waals surface area contributed by atoms with Crippen molar-refractivity contribution in [2.45, 2.75) is 0 Å². The zero-order valence-electron chi connectivity index (χ0n) is 9.91. The van der Waals surface area contributed by atoms with Crippen LogP contribution in [-0.2, 0) is 7.05 Å². The number of pyridine rings is 1. The molecule has 2 rings (SSSR count). The minimum atomic E-state index is -6.00. The van der Waals surface area contributed by atoms with Gasteiger partial charge in [-0.1, -0.05) is 12.1 Å². The number of nitrogens with zero attached hydrogens (tertiary/aromatic N) is 1. The molecule has 2 aromatic rings. The Morgan fingerprint density at radius 3 is 2.11 bits per heavy atom. The van der Waals surface area contributed by atoms with E-state index in [-0.39, 0.29) is 0 Å². The molecule has 0 aliphatic heterocycles. The molecule has 0 fully saturated rings. The van der Waals surface area contributed by atoms with Gasteiger partial charge < -0.3 is 22.0 Å². The maximum Gasteiger partial charge on any atom is 0.673 e. The highest BCUT2D eigenvalue weighted by Crippen LogP contribution is 2.12. The molecule has 0 N–H and O–H groups in total. The van der Waals surface area contributed by atoms with E-state index in [9.17, 15) is 17.3 Å². The number of ether oxygens (including phenoxy) is 1. The Kier molecular flexibility index (Phi) is 4.52. The summed E-state index contributed by atoms with van der Waals surface area (Å²) < 4.78 is 46.3. The third-order valence-corrected chi connectivity index (χ3v) is 2.24. The van der Waals surface area contributed by atoms with Gasteiger partial charge in [-0.15, -0.1) is 0 Å². The van der Waals surface area contributed by atoms with Crippen LogP contribution in [0.1, 0.15) is 0 Å². The van der Waals surface area contributed by atoms with Gasteiger partial charge in [-0.2, -0.15) is 4.57 Å². The average Bonchev–Trinajstić information content (AvgIpc) is 2.28. The highest BCUT2D eigenvalue weighted by Gasteiger charge is 2.20. The van der Waals surface area contributed by atoms with Crippen LogP contribution in [-0.4, -0.2) is 14.4 Å². The normalized spacial score (nSPS) is 10.8. The quantitative estimate of drug-likeness (QED) is 0.437. The first-order valence-electron chi connectivity index (χ1n) is 5.12. The molecule has 0 atom stereocenters. The van der Waals surface area contributed by atoms with Crippen molar-refractivity contribution < 1.29 is 26.6 Å². The van der Waals surface area contributed by atoms with Crippen LogP contribution in [0.5, 0.6) is 5.88 Å². The second-order valence-corrected chi connectivity index (χ2v) is 3.49. The molecular weight excluding hydrogens is 249 g/mol. The number of benzene rings is 1. The second kappa shape index (κ2) is 5.70. The van der Waals surface area contributed by atoms with Crippen molar-refractivity contribution in [1.82, 2.24) is 0 Å². The predicted molar refractivity (Wildman–Crippen MR) is 61.9 cm³/mol. The van der Waals surface area contributed by atoms with E-state index in [1.807, 2.05) is 29.8 Å². The Hall–Kier alpha value is -1.79. The van der Waals surface area contributed by atoms with Gasteiger partial charge in [0.05, 0.1) is 13.2 Å². The van der Waals surface area contributed by atoms with Gasteiger partial charge in [0.1, 0.15) is 7.05 Å². The monoisotopic (exact) mass is 261 g/mol. The first-order chi connectivity index (χ1) is 8.33. The predicted octanol–water partition coefficient (Wildman–Crippen LogP) is 2.97. The van der Waals surface area contributed by atoms with Crippen LogP contribution in [0.2, 0.25) is 0 Å². The number of halogens is 4. The number of aromatic nitrogens is 1. The summed E-state index contributed by atoms with van der Waals surface area (Å²) in [5, 5.41) is 1.23. The van der Waals surface area contributed by atoms with Crippen molar-refractivity contribution in [2.75, 3.05) is 7.11 Å². The summed E-state index contributed by atoms with van der Waals surface area (Å²) in [6.45, 7) is 0. The van der Waals surface area contributed by atoms with Crippen molar-refractivity contribution in [3.63, 3.8) is 0 Å². The number of fused-ring (bicyclic) bond motifs is 1. The molecule has 0 amide bonds. The van der Waals surface area contributed by atoms with Gasteiger partial charge in [-0.3, -0.25) is 0 Å². The first kappa shape index (κ1) is 14.3. The van der Waals surface area contributed by atoms with E-state index in [1.165, 1.54) is 10.9 Å². The molecule has 7 heteroatoms. The van der Waals surface area contributed by atoms with Crippen LogP contribution in [0.25, 0.3) is 10.9 Å². The van der Waals surface area contributed by atoms with E-state index in [0.717, 1.165) is 5.88 Å². The number of methoxy groups -OCH3 is 1. The van der Waals surface area contributed by atoms with Crippen LogP contribution in [0.3, 0.4) is 0 Å². The van der Waals surface area contributed by atoms with Gasteiger partial charge in [-0.25, -0.2) is 0 Å². The van der Waals surface area contributed by atoms with E-state index < -0.39 is 7.25 Å². The Balaban J connectivity index is 0.000000280. The van der Waals surface area contributed by atoms with Gasteiger partial charge in [0.2, 0.25) is 5.52 Å². The van der Waals surface area contributed by atoms with E-state index in [1.54, 1.807) is 7.11 Å². The zero-order chi connectivity index (χ0) is 13.8. The fourth-order valence-electron chi connectivity index (χ4n) is 1.53. The molecule has 0 bridgehead atoms. The summed E-state index contributed by atoms with van der Waals surface area (Å²) >= 11 is 0. The van der Waals surface area contributed by atoms with Crippen LogP contribution < -0.4 is 9.30 Å². The molecule has 1 heterocycles. The van der Waals surface area contributed by atoms with Crippen molar-refractivity contribution in [1.29, 1.82) is 0 Å². The Morgan fingerprint density at radius 2 is 1.56 bits per heavy atom. The summed E-state index contributed by atoms with van der Waals surface area (Å²) in [5.41, 5.74) is 1.18. The molecular formula is C11H12BF4NO. The summed E-state index contributed by atoms with van der Waals surface area (Å²) in [6.07, 6.45) is 0. The minimum absolute atomic E-state index is 0.874. The lowest BCUT2D eigenvalue weighted by Crippen LogP contribution is -2.30. The molecule has 0 unspecified atom stereocenters. The van der Waals surface area contributed by atoms with Crippen LogP contribution in [0, 0.1) is 0 Å². The summed E-state index contributed by atoms with van der Waals surface area (Å²) in [5.74, 6) is 0.874. The molecule has 98 valence electrons. The fourth-order valence-corrected chi connectivity index (χ4v) is 1.53. The van der Waals surface area contributed by atoms with Gasteiger partial charge in [-0.05, 0) is 12.1 Å². The summed E-state index contributed by atoms with van der Waals surface area (Å²) in [4.78, 5) is 0. The third kappa shape index (κ3) is 4.23. The lowest BCUT2D eigenvalue weighted by atomic mass is 10.2.